The number of aromatic nitrogens is 2. The van der Waals surface area contributed by atoms with E-state index in [-0.39, 0.29) is 36.5 Å². The van der Waals surface area contributed by atoms with E-state index in [1.807, 2.05) is 36.7 Å². The Morgan fingerprint density at radius 1 is 1.28 bits per heavy atom. The highest BCUT2D eigenvalue weighted by Gasteiger charge is 2.22. The van der Waals surface area contributed by atoms with Crippen LogP contribution in [0.25, 0.3) is 22.4 Å². The Bertz CT molecular complexity index is 1020. The molecule has 1 saturated heterocycles. The maximum atomic E-state index is 13.5. The minimum atomic E-state index is -0.479. The third-order valence-electron chi connectivity index (χ3n) is 4.81. The molecule has 0 aliphatic carbocycles. The highest BCUT2D eigenvalue weighted by molar-refractivity contribution is 5.95. The highest BCUT2D eigenvalue weighted by Crippen LogP contribution is 2.27. The number of hydrogen-bond acceptors (Lipinski definition) is 4. The van der Waals surface area contributed by atoms with Crippen molar-refractivity contribution in [1.29, 1.82) is 0 Å². The van der Waals surface area contributed by atoms with Gasteiger partial charge in [0.1, 0.15) is 17.7 Å². The zero-order valence-corrected chi connectivity index (χ0v) is 17.7. The summed E-state index contributed by atoms with van der Waals surface area (Å²) in [5.74, 6) is 0.286. The van der Waals surface area contributed by atoms with Crippen LogP contribution >= 0.6 is 24.8 Å². The molecule has 0 saturated carbocycles. The molecule has 1 aliphatic rings. The third-order valence-corrected chi connectivity index (χ3v) is 4.81. The summed E-state index contributed by atoms with van der Waals surface area (Å²) in [6.07, 6.45) is -0.479. The predicted octanol–water partition coefficient (Wildman–Crippen LogP) is 3.46. The zero-order valence-electron chi connectivity index (χ0n) is 16.1. The number of ether oxygens (including phenoxy) is 1. The van der Waals surface area contributed by atoms with Gasteiger partial charge >= 0.3 is 0 Å². The lowest BCUT2D eigenvalue weighted by molar-refractivity contribution is -0.128. The molecule has 9 heteroatoms. The van der Waals surface area contributed by atoms with Gasteiger partial charge in [-0.15, -0.1) is 24.8 Å². The molecule has 156 valence electrons. The Morgan fingerprint density at radius 2 is 2.07 bits per heavy atom. The molecule has 1 fully saturated rings. The summed E-state index contributed by atoms with van der Waals surface area (Å²) in [5.41, 5.74) is 4.04. The molecule has 1 unspecified atom stereocenters. The van der Waals surface area contributed by atoms with E-state index < -0.39 is 6.10 Å². The molecule has 0 bridgehead atoms. The Kier molecular flexibility index (Phi) is 7.60. The van der Waals surface area contributed by atoms with E-state index in [4.69, 9.17) is 4.74 Å². The average molecular weight is 441 g/mol. The maximum absolute atomic E-state index is 13.5. The van der Waals surface area contributed by atoms with Crippen LogP contribution in [0.1, 0.15) is 5.56 Å². The van der Waals surface area contributed by atoms with Crippen LogP contribution in [0.15, 0.2) is 36.4 Å². The largest absolute Gasteiger partial charge is 0.366 e. The molecule has 1 atom stereocenters. The number of halogens is 3. The van der Waals surface area contributed by atoms with Gasteiger partial charge in [-0.3, -0.25) is 4.79 Å². The van der Waals surface area contributed by atoms with Crippen molar-refractivity contribution < 1.29 is 13.9 Å². The number of imidazole rings is 1. The molecule has 1 aliphatic heterocycles. The summed E-state index contributed by atoms with van der Waals surface area (Å²) in [4.78, 5) is 16.9. The Balaban J connectivity index is 0.00000150. The van der Waals surface area contributed by atoms with Crippen LogP contribution in [0.2, 0.25) is 0 Å². The maximum Gasteiger partial charge on any atom is 0.254 e. The summed E-state index contributed by atoms with van der Waals surface area (Å²) < 4.78 is 20.9. The van der Waals surface area contributed by atoms with E-state index in [2.05, 4.69) is 15.6 Å². The minimum Gasteiger partial charge on any atom is -0.366 e. The number of benzene rings is 2. The predicted molar refractivity (Wildman–Crippen MR) is 117 cm³/mol. The summed E-state index contributed by atoms with van der Waals surface area (Å²) in [7, 11) is 1.90. The number of amides is 1. The summed E-state index contributed by atoms with van der Waals surface area (Å²) >= 11 is 0. The number of fused-ring (bicyclic) bond motifs is 1. The van der Waals surface area contributed by atoms with Crippen molar-refractivity contribution in [3.63, 3.8) is 0 Å². The molecule has 2 heterocycles. The van der Waals surface area contributed by atoms with Crippen LogP contribution < -0.4 is 10.6 Å². The quantitative estimate of drug-likeness (QED) is 0.654. The van der Waals surface area contributed by atoms with Crippen molar-refractivity contribution in [2.75, 3.05) is 25.0 Å². The second-order valence-electron chi connectivity index (χ2n) is 6.71. The molecule has 1 amide bonds. The molecular formula is C20H23Cl2FN4O2. The number of rotatable bonds is 3. The highest BCUT2D eigenvalue weighted by atomic mass is 35.5. The zero-order chi connectivity index (χ0) is 19.0. The van der Waals surface area contributed by atoms with Gasteiger partial charge in [0.05, 0.1) is 17.6 Å². The van der Waals surface area contributed by atoms with Gasteiger partial charge in [0.15, 0.2) is 0 Å². The number of anilines is 1. The van der Waals surface area contributed by atoms with Gasteiger partial charge in [-0.05, 0) is 42.8 Å². The fourth-order valence-corrected chi connectivity index (χ4v) is 3.32. The first-order chi connectivity index (χ1) is 13.0. The molecule has 2 aromatic carbocycles. The summed E-state index contributed by atoms with van der Waals surface area (Å²) in [5, 5.41) is 6.07. The van der Waals surface area contributed by atoms with Gasteiger partial charge in [0.2, 0.25) is 0 Å². The number of aryl methyl sites for hydroxylation is 2. The van der Waals surface area contributed by atoms with Gasteiger partial charge in [-0.25, -0.2) is 9.37 Å². The fraction of sp³-hybridized carbons (Fsp3) is 0.300. The van der Waals surface area contributed by atoms with Crippen LogP contribution in [-0.2, 0) is 16.6 Å². The van der Waals surface area contributed by atoms with Crippen molar-refractivity contribution in [2.45, 2.75) is 13.0 Å². The van der Waals surface area contributed by atoms with E-state index in [1.165, 1.54) is 12.1 Å². The molecule has 0 spiro atoms. The number of hydrogen-bond donors (Lipinski definition) is 2. The van der Waals surface area contributed by atoms with Gasteiger partial charge in [-0.1, -0.05) is 0 Å². The molecule has 4 rings (SSSR count). The van der Waals surface area contributed by atoms with Gasteiger partial charge in [0.25, 0.3) is 5.91 Å². The van der Waals surface area contributed by atoms with E-state index in [0.29, 0.717) is 18.7 Å². The van der Waals surface area contributed by atoms with Crippen molar-refractivity contribution in [1.82, 2.24) is 14.9 Å². The van der Waals surface area contributed by atoms with Crippen LogP contribution in [-0.4, -0.2) is 41.3 Å². The second kappa shape index (κ2) is 9.54. The Hall–Kier alpha value is -2.19. The summed E-state index contributed by atoms with van der Waals surface area (Å²) in [6, 6.07) is 10.3. The number of carbonyl (C=O) groups excluding carboxylic acids is 1. The lowest BCUT2D eigenvalue weighted by atomic mass is 10.1. The van der Waals surface area contributed by atoms with Crippen LogP contribution in [0.4, 0.5) is 10.1 Å². The number of nitrogens with zero attached hydrogens (tertiary/aromatic N) is 2. The first-order valence-electron chi connectivity index (χ1n) is 8.89. The SMILES string of the molecule is Cc1cc(-c2nc3cc(F)ccc3n2C)ccc1NC(=O)C1CNCCO1.Cl.Cl. The molecule has 0 radical (unpaired) electrons. The summed E-state index contributed by atoms with van der Waals surface area (Å²) in [6.45, 7) is 3.74. The second-order valence-corrected chi connectivity index (χ2v) is 6.71. The normalized spacial score (nSPS) is 16.0. The van der Waals surface area contributed by atoms with E-state index in [0.717, 1.165) is 34.7 Å². The monoisotopic (exact) mass is 440 g/mol. The molecular weight excluding hydrogens is 418 g/mol. The van der Waals surface area contributed by atoms with E-state index >= 15 is 0 Å². The third kappa shape index (κ3) is 4.70. The smallest absolute Gasteiger partial charge is 0.254 e. The topological polar surface area (TPSA) is 68.2 Å². The minimum absolute atomic E-state index is 0. The average Bonchev–Trinajstić information content (AvgIpc) is 3.00. The first-order valence-corrected chi connectivity index (χ1v) is 8.89. The molecule has 3 aromatic rings. The van der Waals surface area contributed by atoms with E-state index in [9.17, 15) is 9.18 Å². The van der Waals surface area contributed by atoms with Crippen LogP contribution in [0, 0.1) is 12.7 Å². The van der Waals surface area contributed by atoms with Gasteiger partial charge in [-0.2, -0.15) is 0 Å². The first kappa shape index (κ1) is 23.1. The molecule has 6 nitrogen and oxygen atoms in total. The van der Waals surface area contributed by atoms with Gasteiger partial charge in [0, 0.05) is 37.5 Å². The van der Waals surface area contributed by atoms with E-state index in [1.54, 1.807) is 6.07 Å². The fourth-order valence-electron chi connectivity index (χ4n) is 3.32. The molecule has 29 heavy (non-hydrogen) atoms. The standard InChI is InChI=1S/C20H21FN4O2.2ClH/c1-12-9-13(19-23-16-10-14(21)4-6-17(16)25(19)2)3-5-15(12)24-20(26)18-11-22-7-8-27-18;;/h3-6,9-10,18,22H,7-8,11H2,1-2H3,(H,24,26);2*1H. The van der Waals surface area contributed by atoms with Crippen molar-refractivity contribution in [3.8, 4) is 11.4 Å². The lowest BCUT2D eigenvalue weighted by Gasteiger charge is -2.23. The van der Waals surface area contributed by atoms with Crippen molar-refractivity contribution >= 4 is 47.4 Å². The van der Waals surface area contributed by atoms with Crippen molar-refractivity contribution in [3.05, 3.63) is 47.8 Å². The number of nitrogens with one attached hydrogen (secondary N) is 2. The lowest BCUT2D eigenvalue weighted by Crippen LogP contribution is -2.45. The Labute approximate surface area is 180 Å². The Morgan fingerprint density at radius 3 is 2.76 bits per heavy atom. The van der Waals surface area contributed by atoms with Crippen LogP contribution in [0.3, 0.4) is 0 Å². The van der Waals surface area contributed by atoms with Crippen molar-refractivity contribution in [2.24, 2.45) is 7.05 Å². The van der Waals surface area contributed by atoms with Crippen LogP contribution in [0.5, 0.6) is 0 Å². The molecule has 2 N–H and O–H groups in total. The van der Waals surface area contributed by atoms with Gasteiger partial charge < -0.3 is 19.9 Å². The number of morpholine rings is 1. The molecule has 1 aromatic heterocycles. The number of carbonyl (C=O) groups is 1.